The Balaban J connectivity index is 2.06. The second kappa shape index (κ2) is 7.57. The average Bonchev–Trinajstić information content (AvgIpc) is 3.05. The van der Waals surface area contributed by atoms with Gasteiger partial charge >= 0.3 is 0 Å². The maximum atomic E-state index is 12.6. The Hall–Kier alpha value is -2.21. The van der Waals surface area contributed by atoms with Crippen LogP contribution in [0.15, 0.2) is 35.2 Å². The predicted octanol–water partition coefficient (Wildman–Crippen LogP) is 3.19. The first kappa shape index (κ1) is 18.1. The van der Waals surface area contributed by atoms with Crippen LogP contribution in [0.5, 0.6) is 0 Å². The Morgan fingerprint density at radius 2 is 1.88 bits per heavy atom. The van der Waals surface area contributed by atoms with Gasteiger partial charge in [0.15, 0.2) is 0 Å². The van der Waals surface area contributed by atoms with E-state index in [1.165, 1.54) is 11.3 Å². The highest BCUT2D eigenvalue weighted by Crippen LogP contribution is 2.20. The van der Waals surface area contributed by atoms with Gasteiger partial charge in [-0.3, -0.25) is 9.59 Å². The highest BCUT2D eigenvalue weighted by Gasteiger charge is 2.20. The summed E-state index contributed by atoms with van der Waals surface area (Å²) in [6, 6.07) is 7.32. The summed E-state index contributed by atoms with van der Waals surface area (Å²) in [4.78, 5) is 30.5. The molecule has 1 aromatic carbocycles. The minimum absolute atomic E-state index is 0.0560. The molecule has 0 saturated heterocycles. The number of nitrogens with zero attached hydrogens (tertiary/aromatic N) is 2. The maximum absolute atomic E-state index is 12.6. The predicted molar refractivity (Wildman–Crippen MR) is 97.0 cm³/mol. The number of rotatable bonds is 5. The molecule has 1 aromatic heterocycles. The van der Waals surface area contributed by atoms with Gasteiger partial charge in [0.2, 0.25) is 5.91 Å². The summed E-state index contributed by atoms with van der Waals surface area (Å²) in [6.45, 7) is 8.15. The Morgan fingerprint density at radius 3 is 2.38 bits per heavy atom. The molecule has 0 unspecified atom stereocenters. The molecule has 0 fully saturated rings. The van der Waals surface area contributed by atoms with Crippen molar-refractivity contribution in [2.24, 2.45) is 0 Å². The fraction of sp³-hybridized carbons (Fsp3) is 0.389. The van der Waals surface area contributed by atoms with E-state index in [1.54, 1.807) is 22.5 Å². The minimum Gasteiger partial charge on any atom is -0.350 e. The van der Waals surface area contributed by atoms with Crippen LogP contribution in [0.1, 0.15) is 38.1 Å². The lowest BCUT2D eigenvalue weighted by molar-refractivity contribution is -0.123. The second-order valence-corrected chi connectivity index (χ2v) is 7.29. The Kier molecular flexibility index (Phi) is 5.72. The molecular weight excluding hydrogens is 322 g/mol. The lowest BCUT2D eigenvalue weighted by Gasteiger charge is -2.25. The standard InChI is InChI=1S/C18H23N3O2S/c1-5-21(10-16(22)20-18(2,3)4)17(23)14-8-6-13(7-9-14)15-11-24-12-19-15/h6-9,11-12H,5,10H2,1-4H3,(H,20,22). The topological polar surface area (TPSA) is 62.3 Å². The molecular formula is C18H23N3O2S. The molecule has 0 aliphatic rings. The van der Waals surface area contributed by atoms with Crippen LogP contribution in [-0.2, 0) is 4.79 Å². The first-order valence-electron chi connectivity index (χ1n) is 7.89. The molecule has 0 atom stereocenters. The number of aromatic nitrogens is 1. The van der Waals surface area contributed by atoms with E-state index in [9.17, 15) is 9.59 Å². The average molecular weight is 345 g/mol. The number of likely N-dealkylation sites (N-methyl/N-ethyl adjacent to an activating group) is 1. The molecule has 2 aromatic rings. The highest BCUT2D eigenvalue weighted by molar-refractivity contribution is 7.07. The van der Waals surface area contributed by atoms with E-state index < -0.39 is 0 Å². The molecule has 1 heterocycles. The largest absolute Gasteiger partial charge is 0.350 e. The number of carbonyl (C=O) groups is 2. The number of hydrogen-bond acceptors (Lipinski definition) is 4. The molecule has 128 valence electrons. The molecule has 24 heavy (non-hydrogen) atoms. The van der Waals surface area contributed by atoms with Gasteiger partial charge in [-0.25, -0.2) is 4.98 Å². The van der Waals surface area contributed by atoms with Crippen molar-refractivity contribution in [1.29, 1.82) is 0 Å². The van der Waals surface area contributed by atoms with Gasteiger partial charge in [-0.05, 0) is 39.8 Å². The molecule has 0 radical (unpaired) electrons. The van der Waals surface area contributed by atoms with Crippen LogP contribution in [-0.4, -0.2) is 40.3 Å². The number of benzene rings is 1. The first-order valence-corrected chi connectivity index (χ1v) is 8.83. The minimum atomic E-state index is -0.311. The molecule has 0 aliphatic carbocycles. The summed E-state index contributed by atoms with van der Waals surface area (Å²) in [7, 11) is 0. The monoisotopic (exact) mass is 345 g/mol. The Bertz CT molecular complexity index is 688. The zero-order valence-electron chi connectivity index (χ0n) is 14.5. The van der Waals surface area contributed by atoms with E-state index in [4.69, 9.17) is 0 Å². The molecule has 0 saturated carbocycles. The third-order valence-corrected chi connectivity index (χ3v) is 3.96. The Labute approximate surface area is 146 Å². The number of carbonyl (C=O) groups excluding carboxylic acids is 2. The molecule has 0 spiro atoms. The summed E-state index contributed by atoms with van der Waals surface area (Å²) in [5, 5.41) is 4.84. The summed E-state index contributed by atoms with van der Waals surface area (Å²) in [5.74, 6) is -0.303. The van der Waals surface area contributed by atoms with Gasteiger partial charge in [0, 0.05) is 28.6 Å². The molecule has 1 N–H and O–H groups in total. The van der Waals surface area contributed by atoms with E-state index in [0.717, 1.165) is 11.3 Å². The van der Waals surface area contributed by atoms with Gasteiger partial charge in [0.25, 0.3) is 5.91 Å². The fourth-order valence-electron chi connectivity index (χ4n) is 2.28. The van der Waals surface area contributed by atoms with Crippen LogP contribution in [0.25, 0.3) is 11.3 Å². The van der Waals surface area contributed by atoms with E-state index in [2.05, 4.69) is 10.3 Å². The smallest absolute Gasteiger partial charge is 0.254 e. The number of hydrogen-bond donors (Lipinski definition) is 1. The summed E-state index contributed by atoms with van der Waals surface area (Å²) >= 11 is 1.53. The quantitative estimate of drug-likeness (QED) is 0.905. The lowest BCUT2D eigenvalue weighted by Crippen LogP contribution is -2.47. The van der Waals surface area contributed by atoms with Crippen molar-refractivity contribution in [2.45, 2.75) is 33.2 Å². The summed E-state index contributed by atoms with van der Waals surface area (Å²) in [6.07, 6.45) is 0. The van der Waals surface area contributed by atoms with Gasteiger partial charge in [0.1, 0.15) is 0 Å². The summed E-state index contributed by atoms with van der Waals surface area (Å²) in [5.41, 5.74) is 3.91. The summed E-state index contributed by atoms with van der Waals surface area (Å²) < 4.78 is 0. The number of nitrogens with one attached hydrogen (secondary N) is 1. The van der Waals surface area contributed by atoms with Crippen molar-refractivity contribution in [2.75, 3.05) is 13.1 Å². The van der Waals surface area contributed by atoms with Crippen molar-refractivity contribution < 1.29 is 9.59 Å². The number of thiazole rings is 1. The van der Waals surface area contributed by atoms with Gasteiger partial charge in [0.05, 0.1) is 17.7 Å². The van der Waals surface area contributed by atoms with Crippen LogP contribution in [0, 0.1) is 0 Å². The highest BCUT2D eigenvalue weighted by atomic mass is 32.1. The zero-order chi connectivity index (χ0) is 17.7. The van der Waals surface area contributed by atoms with Crippen molar-refractivity contribution in [1.82, 2.24) is 15.2 Å². The normalized spacial score (nSPS) is 11.2. The van der Waals surface area contributed by atoms with Crippen molar-refractivity contribution >= 4 is 23.2 Å². The maximum Gasteiger partial charge on any atom is 0.254 e. The third kappa shape index (κ3) is 4.89. The van der Waals surface area contributed by atoms with Crippen LogP contribution in [0.2, 0.25) is 0 Å². The van der Waals surface area contributed by atoms with E-state index in [0.29, 0.717) is 12.1 Å². The third-order valence-electron chi connectivity index (χ3n) is 3.38. The van der Waals surface area contributed by atoms with E-state index in [1.807, 2.05) is 45.2 Å². The zero-order valence-corrected chi connectivity index (χ0v) is 15.3. The molecule has 6 heteroatoms. The second-order valence-electron chi connectivity index (χ2n) is 6.57. The van der Waals surface area contributed by atoms with Gasteiger partial charge in [-0.1, -0.05) is 12.1 Å². The molecule has 0 bridgehead atoms. The first-order chi connectivity index (χ1) is 11.3. The molecule has 2 amide bonds. The van der Waals surface area contributed by atoms with E-state index >= 15 is 0 Å². The van der Waals surface area contributed by atoms with Crippen LogP contribution in [0.3, 0.4) is 0 Å². The van der Waals surface area contributed by atoms with Crippen LogP contribution < -0.4 is 5.32 Å². The van der Waals surface area contributed by atoms with Gasteiger partial charge < -0.3 is 10.2 Å². The van der Waals surface area contributed by atoms with Crippen molar-refractivity contribution in [3.8, 4) is 11.3 Å². The fourth-order valence-corrected chi connectivity index (χ4v) is 2.84. The molecule has 5 nitrogen and oxygen atoms in total. The van der Waals surface area contributed by atoms with Gasteiger partial charge in [-0.15, -0.1) is 11.3 Å². The molecule has 0 aliphatic heterocycles. The van der Waals surface area contributed by atoms with Gasteiger partial charge in [-0.2, -0.15) is 0 Å². The SMILES string of the molecule is CCN(CC(=O)NC(C)(C)C)C(=O)c1ccc(-c2cscn2)cc1. The van der Waals surface area contributed by atoms with Crippen molar-refractivity contribution in [3.05, 3.63) is 40.7 Å². The lowest BCUT2D eigenvalue weighted by atomic mass is 10.1. The molecule has 2 rings (SSSR count). The van der Waals surface area contributed by atoms with Crippen LogP contribution in [0.4, 0.5) is 0 Å². The van der Waals surface area contributed by atoms with E-state index in [-0.39, 0.29) is 23.9 Å². The van der Waals surface area contributed by atoms with Crippen molar-refractivity contribution in [3.63, 3.8) is 0 Å². The van der Waals surface area contributed by atoms with Crippen LogP contribution >= 0.6 is 11.3 Å². The Morgan fingerprint density at radius 1 is 1.21 bits per heavy atom. The number of amides is 2.